The molecule has 0 saturated carbocycles. The van der Waals surface area contributed by atoms with E-state index < -0.39 is 12.0 Å². The van der Waals surface area contributed by atoms with Crippen LogP contribution in [0.25, 0.3) is 0 Å². The fourth-order valence-electron chi connectivity index (χ4n) is 4.68. The van der Waals surface area contributed by atoms with Gasteiger partial charge in [0.05, 0.1) is 0 Å². The fraction of sp³-hybridized carbons (Fsp3) is 0.654. The lowest BCUT2D eigenvalue weighted by atomic mass is 9.81. The number of rotatable bonds is 10. The predicted molar refractivity (Wildman–Crippen MR) is 128 cm³/mol. The van der Waals surface area contributed by atoms with Crippen LogP contribution in [0.5, 0.6) is 0 Å². The van der Waals surface area contributed by atoms with Gasteiger partial charge in [-0.1, -0.05) is 57.0 Å². The van der Waals surface area contributed by atoms with Crippen molar-refractivity contribution in [2.24, 2.45) is 17.8 Å². The van der Waals surface area contributed by atoms with Crippen LogP contribution in [0.1, 0.15) is 70.4 Å². The smallest absolute Gasteiger partial charge is 0.245 e. The van der Waals surface area contributed by atoms with Gasteiger partial charge in [-0.2, -0.15) is 0 Å². The van der Waals surface area contributed by atoms with E-state index in [0.29, 0.717) is 32.4 Å². The zero-order valence-corrected chi connectivity index (χ0v) is 20.4. The summed E-state index contributed by atoms with van der Waals surface area (Å²) in [7, 11) is 1.62. The first-order chi connectivity index (χ1) is 15.3. The van der Waals surface area contributed by atoms with Crippen LogP contribution in [-0.2, 0) is 20.9 Å². The second-order valence-electron chi connectivity index (χ2n) is 9.55. The minimum absolute atomic E-state index is 0.0207. The minimum atomic E-state index is -0.531. The molecule has 6 nitrogen and oxygen atoms in total. The number of nitrogens with zero attached hydrogens (tertiary/aromatic N) is 1. The monoisotopic (exact) mass is 443 g/mol. The standard InChI is InChI=1S/C26H41N3O3/c1-6-10-21(24(30)27-5)22(15-18(2)3)25(31)28-23-13-7-8-14-29(26(23)32)17-20-12-9-11-19(4)16-20/h9,11-12,16,18,21-23H,6-8,10,13-15,17H2,1-5H3,(H,27,30)(H,28,31)/t21-,22+,23-/m0/s1. The molecule has 32 heavy (non-hydrogen) atoms. The molecule has 1 heterocycles. The van der Waals surface area contributed by atoms with Crippen LogP contribution >= 0.6 is 0 Å². The maximum atomic E-state index is 13.4. The minimum Gasteiger partial charge on any atom is -0.359 e. The van der Waals surface area contributed by atoms with Crippen molar-refractivity contribution in [2.45, 2.75) is 78.8 Å². The van der Waals surface area contributed by atoms with Crippen LogP contribution in [0.3, 0.4) is 0 Å². The summed E-state index contributed by atoms with van der Waals surface area (Å²) >= 11 is 0. The molecule has 0 spiro atoms. The highest BCUT2D eigenvalue weighted by molar-refractivity contribution is 5.91. The molecule has 1 aliphatic rings. The van der Waals surface area contributed by atoms with E-state index in [1.165, 1.54) is 5.56 Å². The van der Waals surface area contributed by atoms with Crippen LogP contribution in [-0.4, -0.2) is 42.3 Å². The van der Waals surface area contributed by atoms with Crippen molar-refractivity contribution in [3.8, 4) is 0 Å². The van der Waals surface area contributed by atoms with E-state index in [9.17, 15) is 14.4 Å². The molecule has 0 aliphatic carbocycles. The highest BCUT2D eigenvalue weighted by Crippen LogP contribution is 2.26. The molecule has 3 atom stereocenters. The van der Waals surface area contributed by atoms with Crippen LogP contribution < -0.4 is 10.6 Å². The fourth-order valence-corrected chi connectivity index (χ4v) is 4.68. The summed E-state index contributed by atoms with van der Waals surface area (Å²) in [5.41, 5.74) is 2.27. The number of hydrogen-bond acceptors (Lipinski definition) is 3. The first-order valence-corrected chi connectivity index (χ1v) is 12.1. The van der Waals surface area contributed by atoms with E-state index >= 15 is 0 Å². The Hall–Kier alpha value is -2.37. The largest absolute Gasteiger partial charge is 0.359 e. The second-order valence-corrected chi connectivity index (χ2v) is 9.55. The molecule has 1 fully saturated rings. The Morgan fingerprint density at radius 3 is 2.53 bits per heavy atom. The van der Waals surface area contributed by atoms with Gasteiger partial charge in [0, 0.05) is 32.0 Å². The maximum Gasteiger partial charge on any atom is 0.245 e. The average Bonchev–Trinajstić information content (AvgIpc) is 2.91. The summed E-state index contributed by atoms with van der Waals surface area (Å²) in [5, 5.41) is 5.77. The topological polar surface area (TPSA) is 78.5 Å². The highest BCUT2D eigenvalue weighted by atomic mass is 16.2. The number of amides is 3. The molecule has 0 aromatic heterocycles. The summed E-state index contributed by atoms with van der Waals surface area (Å²) in [6, 6.07) is 7.66. The summed E-state index contributed by atoms with van der Waals surface area (Å²) in [6.45, 7) is 9.45. The Balaban J connectivity index is 2.17. The van der Waals surface area contributed by atoms with Gasteiger partial charge in [-0.15, -0.1) is 0 Å². The zero-order chi connectivity index (χ0) is 23.7. The van der Waals surface area contributed by atoms with Crippen LogP contribution in [0.4, 0.5) is 0 Å². The number of carbonyl (C=O) groups excluding carboxylic acids is 3. The van der Waals surface area contributed by atoms with Gasteiger partial charge in [0.25, 0.3) is 0 Å². The van der Waals surface area contributed by atoms with Crippen molar-refractivity contribution >= 4 is 17.7 Å². The van der Waals surface area contributed by atoms with Gasteiger partial charge < -0.3 is 15.5 Å². The van der Waals surface area contributed by atoms with Crippen molar-refractivity contribution in [3.63, 3.8) is 0 Å². The molecule has 3 amide bonds. The first-order valence-electron chi connectivity index (χ1n) is 12.1. The quantitative estimate of drug-likeness (QED) is 0.577. The molecule has 0 radical (unpaired) electrons. The molecule has 2 N–H and O–H groups in total. The number of hydrogen-bond donors (Lipinski definition) is 2. The van der Waals surface area contributed by atoms with Crippen molar-refractivity contribution in [2.75, 3.05) is 13.6 Å². The predicted octanol–water partition coefficient (Wildman–Crippen LogP) is 3.82. The van der Waals surface area contributed by atoms with E-state index in [0.717, 1.165) is 24.8 Å². The van der Waals surface area contributed by atoms with Crippen molar-refractivity contribution < 1.29 is 14.4 Å². The Labute approximate surface area is 193 Å². The molecular formula is C26H41N3O3. The Bertz CT molecular complexity index is 777. The molecule has 0 bridgehead atoms. The van der Waals surface area contributed by atoms with Crippen LogP contribution in [0.2, 0.25) is 0 Å². The molecule has 2 rings (SSSR count). The summed E-state index contributed by atoms with van der Waals surface area (Å²) in [6.07, 6.45) is 4.56. The van der Waals surface area contributed by atoms with Crippen molar-refractivity contribution in [3.05, 3.63) is 35.4 Å². The molecule has 1 aromatic rings. The maximum absolute atomic E-state index is 13.4. The van der Waals surface area contributed by atoms with Gasteiger partial charge in [-0.3, -0.25) is 14.4 Å². The lowest BCUT2D eigenvalue weighted by Gasteiger charge is -2.29. The first kappa shape index (κ1) is 25.9. The lowest BCUT2D eigenvalue weighted by Crippen LogP contribution is -2.51. The van der Waals surface area contributed by atoms with Crippen LogP contribution in [0, 0.1) is 24.7 Å². The van der Waals surface area contributed by atoms with Gasteiger partial charge >= 0.3 is 0 Å². The van der Waals surface area contributed by atoms with E-state index in [4.69, 9.17) is 0 Å². The Morgan fingerprint density at radius 2 is 1.91 bits per heavy atom. The number of nitrogens with one attached hydrogen (secondary N) is 2. The van der Waals surface area contributed by atoms with Crippen molar-refractivity contribution in [1.29, 1.82) is 0 Å². The van der Waals surface area contributed by atoms with Gasteiger partial charge in [0.15, 0.2) is 0 Å². The Kier molecular flexibility index (Phi) is 10.2. The highest BCUT2D eigenvalue weighted by Gasteiger charge is 2.36. The third-order valence-corrected chi connectivity index (χ3v) is 6.28. The summed E-state index contributed by atoms with van der Waals surface area (Å²) < 4.78 is 0. The van der Waals surface area contributed by atoms with E-state index in [1.54, 1.807) is 7.05 Å². The van der Waals surface area contributed by atoms with Gasteiger partial charge in [-0.05, 0) is 50.5 Å². The van der Waals surface area contributed by atoms with Crippen molar-refractivity contribution in [1.82, 2.24) is 15.5 Å². The molecule has 6 heteroatoms. The van der Waals surface area contributed by atoms with Gasteiger partial charge in [0.2, 0.25) is 17.7 Å². The third kappa shape index (κ3) is 7.35. The number of likely N-dealkylation sites (tertiary alicyclic amines) is 1. The average molecular weight is 444 g/mol. The molecule has 0 unspecified atom stereocenters. The lowest BCUT2D eigenvalue weighted by molar-refractivity contribution is -0.140. The van der Waals surface area contributed by atoms with Gasteiger partial charge in [-0.25, -0.2) is 0 Å². The van der Waals surface area contributed by atoms with E-state index in [2.05, 4.69) is 30.5 Å². The van der Waals surface area contributed by atoms with E-state index in [1.807, 2.05) is 36.9 Å². The summed E-state index contributed by atoms with van der Waals surface area (Å²) in [4.78, 5) is 41.1. The molecule has 1 aliphatic heterocycles. The molecular weight excluding hydrogens is 402 g/mol. The summed E-state index contributed by atoms with van der Waals surface area (Å²) in [5.74, 6) is -0.824. The number of aryl methyl sites for hydroxylation is 1. The van der Waals surface area contributed by atoms with Gasteiger partial charge in [0.1, 0.15) is 6.04 Å². The third-order valence-electron chi connectivity index (χ3n) is 6.28. The zero-order valence-electron chi connectivity index (χ0n) is 20.4. The normalized spacial score (nSPS) is 18.8. The van der Waals surface area contributed by atoms with E-state index in [-0.39, 0.29) is 29.6 Å². The molecule has 178 valence electrons. The number of carbonyl (C=O) groups is 3. The molecule has 1 aromatic carbocycles. The Morgan fingerprint density at radius 1 is 1.16 bits per heavy atom. The second kappa shape index (κ2) is 12.6. The number of benzene rings is 1. The van der Waals surface area contributed by atoms with Crippen LogP contribution in [0.15, 0.2) is 24.3 Å². The molecule has 1 saturated heterocycles. The SMILES string of the molecule is CCC[C@H](C(=O)NC)[C@@H](CC(C)C)C(=O)N[C@H]1CCCCN(Cc2cccc(C)c2)C1=O.